The smallest absolute Gasteiger partial charge is 0.0847 e. The van der Waals surface area contributed by atoms with Crippen molar-refractivity contribution in [1.29, 1.82) is 0 Å². The molecule has 0 bridgehead atoms. The van der Waals surface area contributed by atoms with Gasteiger partial charge in [-0.05, 0) is 42.9 Å². The van der Waals surface area contributed by atoms with E-state index in [-0.39, 0.29) is 0 Å². The van der Waals surface area contributed by atoms with Crippen LogP contribution >= 0.6 is 15.9 Å². The molecule has 1 aliphatic heterocycles. The fourth-order valence-electron chi connectivity index (χ4n) is 2.33. The number of halogens is 1. The minimum atomic E-state index is 0.508. The Labute approximate surface area is 106 Å². The lowest BCUT2D eigenvalue weighted by atomic mass is 9.91. The molecule has 1 aromatic carbocycles. The zero-order valence-electron chi connectivity index (χ0n) is 9.95. The Hall–Kier alpha value is -0.340. The highest BCUT2D eigenvalue weighted by molar-refractivity contribution is 9.10. The number of hydrogen-bond donors (Lipinski definition) is 0. The Balaban J connectivity index is 2.00. The van der Waals surface area contributed by atoms with Gasteiger partial charge >= 0.3 is 0 Å². The second-order valence-electron chi connectivity index (χ2n) is 4.52. The van der Waals surface area contributed by atoms with Crippen LogP contribution in [0, 0.1) is 0 Å². The third-order valence-electron chi connectivity index (χ3n) is 3.42. The van der Waals surface area contributed by atoms with Gasteiger partial charge in [0.2, 0.25) is 0 Å². The molecular formula is C14H19BrO. The third-order valence-corrected chi connectivity index (χ3v) is 3.91. The fraction of sp³-hybridized carbons (Fsp3) is 0.571. The Kier molecular flexibility index (Phi) is 4.04. The van der Waals surface area contributed by atoms with Gasteiger partial charge in [0, 0.05) is 4.47 Å². The SMILES string of the molecule is CCC(CC1OC1CC)c1cccc(Br)c1. The van der Waals surface area contributed by atoms with Crippen molar-refractivity contribution in [2.45, 2.75) is 51.2 Å². The van der Waals surface area contributed by atoms with Gasteiger partial charge in [0.1, 0.15) is 0 Å². The average Bonchev–Trinajstić information content (AvgIpc) is 3.04. The number of hydrogen-bond acceptors (Lipinski definition) is 1. The molecule has 1 heterocycles. The summed E-state index contributed by atoms with van der Waals surface area (Å²) in [7, 11) is 0. The summed E-state index contributed by atoms with van der Waals surface area (Å²) in [5, 5.41) is 0. The van der Waals surface area contributed by atoms with Gasteiger partial charge in [-0.2, -0.15) is 0 Å². The minimum Gasteiger partial charge on any atom is -0.370 e. The van der Waals surface area contributed by atoms with Crippen molar-refractivity contribution < 1.29 is 4.74 Å². The first kappa shape index (κ1) is 12.1. The molecule has 88 valence electrons. The lowest BCUT2D eigenvalue weighted by molar-refractivity contribution is 0.349. The monoisotopic (exact) mass is 282 g/mol. The number of benzene rings is 1. The molecule has 3 unspecified atom stereocenters. The predicted molar refractivity (Wildman–Crippen MR) is 70.7 cm³/mol. The van der Waals surface area contributed by atoms with Crippen molar-refractivity contribution in [2.24, 2.45) is 0 Å². The molecule has 0 aromatic heterocycles. The van der Waals surface area contributed by atoms with Gasteiger partial charge in [0.15, 0.2) is 0 Å². The molecule has 0 amide bonds. The topological polar surface area (TPSA) is 12.5 Å². The van der Waals surface area contributed by atoms with Crippen molar-refractivity contribution in [2.75, 3.05) is 0 Å². The Morgan fingerprint density at radius 2 is 2.12 bits per heavy atom. The van der Waals surface area contributed by atoms with Crippen LogP contribution in [0.4, 0.5) is 0 Å². The van der Waals surface area contributed by atoms with E-state index < -0.39 is 0 Å². The van der Waals surface area contributed by atoms with E-state index in [0.717, 1.165) is 6.42 Å². The van der Waals surface area contributed by atoms with Crippen LogP contribution in [0.15, 0.2) is 28.7 Å². The molecule has 0 radical (unpaired) electrons. The van der Waals surface area contributed by atoms with Crippen LogP contribution in [-0.4, -0.2) is 12.2 Å². The van der Waals surface area contributed by atoms with Gasteiger partial charge in [-0.25, -0.2) is 0 Å². The summed E-state index contributed by atoms with van der Waals surface area (Å²) in [6, 6.07) is 8.66. The zero-order valence-corrected chi connectivity index (χ0v) is 11.5. The standard InChI is InChI=1S/C14H19BrO/c1-3-10(9-14-13(4-2)16-14)11-6-5-7-12(15)8-11/h5-8,10,13-14H,3-4,9H2,1-2H3. The van der Waals surface area contributed by atoms with Gasteiger partial charge < -0.3 is 4.74 Å². The first-order valence-corrected chi connectivity index (χ1v) is 6.94. The second kappa shape index (κ2) is 5.33. The number of epoxide rings is 1. The van der Waals surface area contributed by atoms with E-state index in [9.17, 15) is 0 Å². The molecule has 1 saturated heterocycles. The first-order valence-electron chi connectivity index (χ1n) is 6.15. The summed E-state index contributed by atoms with van der Waals surface area (Å²) in [6.07, 6.45) is 4.55. The molecule has 0 spiro atoms. The fourth-order valence-corrected chi connectivity index (χ4v) is 2.74. The zero-order chi connectivity index (χ0) is 11.5. The van der Waals surface area contributed by atoms with Crippen molar-refractivity contribution in [3.8, 4) is 0 Å². The lowest BCUT2D eigenvalue weighted by Crippen LogP contribution is -2.03. The second-order valence-corrected chi connectivity index (χ2v) is 5.43. The van der Waals surface area contributed by atoms with Crippen LogP contribution in [0.2, 0.25) is 0 Å². The highest BCUT2D eigenvalue weighted by Gasteiger charge is 2.38. The minimum absolute atomic E-state index is 0.508. The molecule has 0 saturated carbocycles. The number of rotatable bonds is 5. The summed E-state index contributed by atoms with van der Waals surface area (Å²) in [5.74, 6) is 0.638. The molecule has 0 aliphatic carbocycles. The van der Waals surface area contributed by atoms with E-state index >= 15 is 0 Å². The molecular weight excluding hydrogens is 264 g/mol. The highest BCUT2D eigenvalue weighted by Crippen LogP contribution is 2.36. The Morgan fingerprint density at radius 3 is 2.69 bits per heavy atom. The third kappa shape index (κ3) is 2.86. The lowest BCUT2D eigenvalue weighted by Gasteiger charge is -2.14. The van der Waals surface area contributed by atoms with Crippen LogP contribution in [0.3, 0.4) is 0 Å². The Bertz CT molecular complexity index is 350. The molecule has 1 nitrogen and oxygen atoms in total. The normalized spacial score (nSPS) is 25.4. The maximum atomic E-state index is 5.64. The molecule has 1 fully saturated rings. The first-order chi connectivity index (χ1) is 7.74. The highest BCUT2D eigenvalue weighted by atomic mass is 79.9. The number of ether oxygens (including phenoxy) is 1. The molecule has 0 N–H and O–H groups in total. The maximum Gasteiger partial charge on any atom is 0.0847 e. The van der Waals surface area contributed by atoms with E-state index in [4.69, 9.17) is 4.74 Å². The predicted octanol–water partition coefficient (Wildman–Crippen LogP) is 4.51. The van der Waals surface area contributed by atoms with Crippen LogP contribution in [0.25, 0.3) is 0 Å². The van der Waals surface area contributed by atoms with Crippen molar-refractivity contribution in [3.05, 3.63) is 34.3 Å². The molecule has 1 aliphatic rings. The van der Waals surface area contributed by atoms with Crippen LogP contribution < -0.4 is 0 Å². The summed E-state index contributed by atoms with van der Waals surface area (Å²) in [5.41, 5.74) is 1.43. The molecule has 2 rings (SSSR count). The molecule has 2 heteroatoms. The van der Waals surface area contributed by atoms with Gasteiger partial charge in [0.25, 0.3) is 0 Å². The van der Waals surface area contributed by atoms with Crippen LogP contribution in [0.5, 0.6) is 0 Å². The van der Waals surface area contributed by atoms with Gasteiger partial charge in [-0.15, -0.1) is 0 Å². The summed E-state index contributed by atoms with van der Waals surface area (Å²) in [4.78, 5) is 0. The van der Waals surface area contributed by atoms with E-state index in [1.165, 1.54) is 22.9 Å². The van der Waals surface area contributed by atoms with Gasteiger partial charge in [-0.1, -0.05) is 41.9 Å². The molecule has 16 heavy (non-hydrogen) atoms. The van der Waals surface area contributed by atoms with Crippen molar-refractivity contribution in [1.82, 2.24) is 0 Å². The average molecular weight is 283 g/mol. The Morgan fingerprint density at radius 1 is 1.31 bits per heavy atom. The van der Waals surface area contributed by atoms with Gasteiger partial charge in [-0.3, -0.25) is 0 Å². The summed E-state index contributed by atoms with van der Waals surface area (Å²) >= 11 is 3.54. The maximum absolute atomic E-state index is 5.64. The molecule has 3 atom stereocenters. The largest absolute Gasteiger partial charge is 0.370 e. The summed E-state index contributed by atoms with van der Waals surface area (Å²) < 4.78 is 6.81. The van der Waals surface area contributed by atoms with E-state index in [2.05, 4.69) is 54.0 Å². The van der Waals surface area contributed by atoms with Crippen LogP contribution in [-0.2, 0) is 4.74 Å². The van der Waals surface area contributed by atoms with Gasteiger partial charge in [0.05, 0.1) is 12.2 Å². The van der Waals surface area contributed by atoms with Crippen molar-refractivity contribution >= 4 is 15.9 Å². The molecule has 1 aromatic rings. The quantitative estimate of drug-likeness (QED) is 0.724. The van der Waals surface area contributed by atoms with E-state index in [0.29, 0.717) is 18.1 Å². The van der Waals surface area contributed by atoms with E-state index in [1.54, 1.807) is 0 Å². The van der Waals surface area contributed by atoms with E-state index in [1.807, 2.05) is 0 Å². The summed E-state index contributed by atoms with van der Waals surface area (Å²) in [6.45, 7) is 4.46. The van der Waals surface area contributed by atoms with Crippen LogP contribution in [0.1, 0.15) is 44.6 Å². The van der Waals surface area contributed by atoms with Crippen molar-refractivity contribution in [3.63, 3.8) is 0 Å².